The van der Waals surface area contributed by atoms with E-state index in [9.17, 15) is 43.2 Å². The minimum Gasteiger partial charge on any atom is -0.445 e. The number of likely N-dealkylation sites (tertiary alicyclic amines) is 2. The second kappa shape index (κ2) is 49.0. The monoisotopic (exact) mass is 1590 g/mol. The van der Waals surface area contributed by atoms with E-state index in [1.54, 1.807) is 16.7 Å². The number of unbranched alkanes of at least 4 members (excludes halogenated alkanes) is 2. The van der Waals surface area contributed by atoms with Gasteiger partial charge in [0.25, 0.3) is 0 Å². The van der Waals surface area contributed by atoms with Gasteiger partial charge >= 0.3 is 6.09 Å². The normalized spacial score (nSPS) is 16.0. The predicted molar refractivity (Wildman–Crippen MR) is 418 cm³/mol. The largest absolute Gasteiger partial charge is 0.445 e. The van der Waals surface area contributed by atoms with E-state index in [0.29, 0.717) is 91.5 Å². The fourth-order valence-corrected chi connectivity index (χ4v) is 13.9. The SMILES string of the molecule is CCn1nnc2c1-c1ccccc1N(C(=O)CCC(=O)NCCOCCOCCOCCN(CCOCCOCCONC(=O)O[C@H]1CCCc3c(-c4ccc(CCCCCN5C(=O)CC(C)C5=O)cc4)nnc(C)c3CC1)C(=O)CCOCCOCCOCCOCCNC(=O)CCN1C(=O)C[C@H](C)C1=O)Cc1ccccc1-2. The van der Waals surface area contributed by atoms with Crippen molar-refractivity contribution in [3.05, 3.63) is 101 Å². The van der Waals surface area contributed by atoms with Gasteiger partial charge in [-0.15, -0.1) is 10.2 Å². The summed E-state index contributed by atoms with van der Waals surface area (Å²) in [6, 6.07) is 24.0. The number of hydrogen-bond donors (Lipinski definition) is 3. The molecule has 3 aromatic carbocycles. The first-order valence-corrected chi connectivity index (χ1v) is 40.2. The van der Waals surface area contributed by atoms with Crippen molar-refractivity contribution in [1.82, 2.24) is 56.0 Å². The Morgan fingerprint density at radius 1 is 0.535 bits per heavy atom. The Morgan fingerprint density at radius 3 is 1.71 bits per heavy atom. The van der Waals surface area contributed by atoms with Crippen LogP contribution in [0, 0.1) is 18.8 Å². The number of ether oxygens (including phenoxy) is 10. The van der Waals surface area contributed by atoms with E-state index < -0.39 is 6.09 Å². The number of hydroxylamine groups is 1. The summed E-state index contributed by atoms with van der Waals surface area (Å²) in [5.74, 6) is -2.03. The van der Waals surface area contributed by atoms with Crippen molar-refractivity contribution in [2.75, 3.05) is 170 Å². The number of amides is 9. The van der Waals surface area contributed by atoms with Crippen LogP contribution in [0.4, 0.5) is 10.5 Å². The molecule has 1 aliphatic carbocycles. The standard InChI is InChI=1S/C82H114N12O20/c1-5-94-79-69-18-10-11-20-70(69)93(58-64-15-8-9-17-67(64)78(79)87-89-94)74(98)28-27-71(95)83-31-38-105-43-48-110-50-45-107-40-35-90(73(97)30-37-104-42-47-109-52-53-111-49-44-106-39-32-84-72(96)29-34-92-76(100)57-60(3)81(92)102)36-41-108-46-51-112-54-55-113-88-82(103)114-65-16-13-19-68-66(26-25-65)61(4)85-86-77(68)63-23-21-62(22-24-63)14-7-6-12-33-91-75(99)56-59(2)80(91)101/h8-11,15,17-18,20-24,59-60,65H,5-7,12-14,16,19,25-58H2,1-4H3,(H,83,95)(H,84,96)(H,88,103)/t59?,60-,65-/m0/s1. The molecule has 3 atom stereocenters. The topological polar surface area (TPSA) is 361 Å². The van der Waals surface area contributed by atoms with Gasteiger partial charge in [-0.3, -0.25) is 53.0 Å². The maximum absolute atomic E-state index is 13.9. The van der Waals surface area contributed by atoms with Crippen LogP contribution in [0.2, 0.25) is 0 Å². The van der Waals surface area contributed by atoms with Crippen molar-refractivity contribution < 1.29 is 95.4 Å². The first-order chi connectivity index (χ1) is 55.6. The molecule has 9 amide bonds. The molecular weight excluding hydrogens is 1470 g/mol. The lowest BCUT2D eigenvalue weighted by molar-refractivity contribution is -0.141. The van der Waals surface area contributed by atoms with Gasteiger partial charge in [-0.25, -0.2) is 9.48 Å². The fourth-order valence-electron chi connectivity index (χ4n) is 13.9. The zero-order valence-electron chi connectivity index (χ0n) is 66.5. The lowest BCUT2D eigenvalue weighted by Crippen LogP contribution is -2.37. The molecule has 0 radical (unpaired) electrons. The van der Waals surface area contributed by atoms with Crippen LogP contribution in [0.15, 0.2) is 72.8 Å². The highest BCUT2D eigenvalue weighted by Crippen LogP contribution is 2.41. The number of aromatic nitrogens is 5. The van der Waals surface area contributed by atoms with Crippen molar-refractivity contribution in [2.24, 2.45) is 11.8 Å². The number of aryl methyl sites for hydroxylation is 3. The Labute approximate surface area is 666 Å². The lowest BCUT2D eigenvalue weighted by Gasteiger charge is -2.28. The molecule has 9 rings (SSSR count). The van der Waals surface area contributed by atoms with Gasteiger partial charge in [-0.1, -0.05) is 92.2 Å². The summed E-state index contributed by atoms with van der Waals surface area (Å²) in [5.41, 5.74) is 13.6. The minimum absolute atomic E-state index is 0.00889. The zero-order chi connectivity index (χ0) is 80.7. The average molecular weight is 1590 g/mol. The van der Waals surface area contributed by atoms with Gasteiger partial charge in [0.1, 0.15) is 11.8 Å². The molecule has 32 heteroatoms. The van der Waals surface area contributed by atoms with Crippen LogP contribution >= 0.6 is 0 Å². The molecule has 622 valence electrons. The second-order valence-electron chi connectivity index (χ2n) is 28.3. The minimum atomic E-state index is -0.681. The number of carbonyl (C=O) groups excluding carboxylic acids is 9. The highest BCUT2D eigenvalue weighted by molar-refractivity contribution is 6.04. The van der Waals surface area contributed by atoms with Crippen molar-refractivity contribution in [2.45, 2.75) is 143 Å². The van der Waals surface area contributed by atoms with Gasteiger partial charge in [0.15, 0.2) is 0 Å². The quantitative estimate of drug-likeness (QED) is 0.0212. The number of benzene rings is 3. The summed E-state index contributed by atoms with van der Waals surface area (Å²) in [5, 5.41) is 23.7. The first kappa shape index (κ1) is 88.9. The molecule has 114 heavy (non-hydrogen) atoms. The highest BCUT2D eigenvalue weighted by atomic mass is 16.7. The maximum atomic E-state index is 13.9. The van der Waals surface area contributed by atoms with Gasteiger partial charge in [0.2, 0.25) is 47.3 Å². The van der Waals surface area contributed by atoms with Crippen LogP contribution in [-0.4, -0.2) is 264 Å². The van der Waals surface area contributed by atoms with Crippen molar-refractivity contribution in [3.8, 4) is 33.8 Å². The third kappa shape index (κ3) is 28.4. The molecule has 2 aromatic heterocycles. The molecule has 3 N–H and O–H groups in total. The molecule has 0 saturated carbocycles. The third-order valence-electron chi connectivity index (χ3n) is 20.0. The molecular formula is C82H114N12O20. The summed E-state index contributed by atoms with van der Waals surface area (Å²) in [6.45, 7) is 15.0. The van der Waals surface area contributed by atoms with Crippen molar-refractivity contribution in [1.29, 1.82) is 0 Å². The van der Waals surface area contributed by atoms with Crippen molar-refractivity contribution in [3.63, 3.8) is 0 Å². The number of carbonyl (C=O) groups is 9. The Balaban J connectivity index is 0.604. The van der Waals surface area contributed by atoms with Crippen LogP contribution in [0.5, 0.6) is 0 Å². The van der Waals surface area contributed by atoms with Gasteiger partial charge in [0.05, 0.1) is 161 Å². The summed E-state index contributed by atoms with van der Waals surface area (Å²) >= 11 is 0. The summed E-state index contributed by atoms with van der Waals surface area (Å²) in [6.07, 6.45) is 6.75. The highest BCUT2D eigenvalue weighted by Gasteiger charge is 2.37. The van der Waals surface area contributed by atoms with Gasteiger partial charge in [0, 0.05) is 106 Å². The van der Waals surface area contributed by atoms with E-state index in [-0.39, 0.29) is 209 Å². The van der Waals surface area contributed by atoms with E-state index in [4.69, 9.17) is 52.2 Å². The molecule has 2 fully saturated rings. The number of imide groups is 2. The van der Waals surface area contributed by atoms with Crippen molar-refractivity contribution >= 4 is 59.0 Å². The first-order valence-electron chi connectivity index (χ1n) is 40.2. The third-order valence-corrected chi connectivity index (χ3v) is 20.0. The van der Waals surface area contributed by atoms with E-state index in [2.05, 4.69) is 60.9 Å². The number of hydrogen-bond acceptors (Lipinski definition) is 24. The van der Waals surface area contributed by atoms with Gasteiger partial charge in [-0.05, 0) is 93.5 Å². The Morgan fingerprint density at radius 2 is 1.10 bits per heavy atom. The smallest absolute Gasteiger partial charge is 0.431 e. The predicted octanol–water partition coefficient (Wildman–Crippen LogP) is 6.51. The summed E-state index contributed by atoms with van der Waals surface area (Å²) in [4.78, 5) is 125. The van der Waals surface area contributed by atoms with Crippen LogP contribution < -0.4 is 21.0 Å². The number of nitrogens with one attached hydrogen (secondary N) is 3. The number of rotatable bonds is 52. The molecule has 4 aliphatic rings. The molecule has 5 heterocycles. The summed E-state index contributed by atoms with van der Waals surface area (Å²) < 4.78 is 58.8. The average Bonchev–Trinajstić information content (AvgIpc) is 1.50. The number of para-hydroxylation sites is 1. The molecule has 2 saturated heterocycles. The molecule has 0 bridgehead atoms. The number of fused-ring (bicyclic) bond motifs is 6. The molecule has 0 spiro atoms. The zero-order valence-corrected chi connectivity index (χ0v) is 66.5. The van der Waals surface area contributed by atoms with Gasteiger partial charge in [-0.2, -0.15) is 10.6 Å². The Kier molecular flexibility index (Phi) is 38.2. The fraction of sp³-hybridized carbons (Fsp3) is 0.598. The number of anilines is 1. The van der Waals surface area contributed by atoms with E-state index in [1.807, 2.05) is 74.0 Å². The maximum Gasteiger partial charge on any atom is 0.431 e. The van der Waals surface area contributed by atoms with Crippen LogP contribution in [0.25, 0.3) is 33.8 Å². The van der Waals surface area contributed by atoms with E-state index >= 15 is 0 Å². The Bertz CT molecular complexity index is 3900. The molecule has 32 nitrogen and oxygen atoms in total. The molecule has 5 aromatic rings. The Hall–Kier alpha value is -9.09. The van der Waals surface area contributed by atoms with Crippen LogP contribution in [0.1, 0.15) is 126 Å². The van der Waals surface area contributed by atoms with E-state index in [1.165, 1.54) is 16.0 Å². The molecule has 1 unspecified atom stereocenters. The lowest BCUT2D eigenvalue weighted by atomic mass is 9.88. The summed E-state index contributed by atoms with van der Waals surface area (Å²) in [7, 11) is 0. The van der Waals surface area contributed by atoms with E-state index in [0.717, 1.165) is 99.7 Å². The van der Waals surface area contributed by atoms with Crippen LogP contribution in [0.3, 0.4) is 0 Å². The molecule has 3 aliphatic heterocycles. The number of nitrogens with zero attached hydrogens (tertiary/aromatic N) is 9. The second-order valence-corrected chi connectivity index (χ2v) is 28.3. The van der Waals surface area contributed by atoms with Gasteiger partial charge < -0.3 is 67.8 Å². The van der Waals surface area contributed by atoms with Crippen LogP contribution in [-0.2, 0) is 123 Å².